The van der Waals surface area contributed by atoms with Crippen molar-refractivity contribution >= 4 is 21.9 Å². The van der Waals surface area contributed by atoms with Crippen molar-refractivity contribution in [2.75, 3.05) is 0 Å². The topological polar surface area (TPSA) is 62.7 Å². The minimum absolute atomic E-state index is 0. The summed E-state index contributed by atoms with van der Waals surface area (Å²) in [6, 6.07) is 43.2. The molecule has 0 atom stereocenters. The Balaban J connectivity index is 0.000000197. The van der Waals surface area contributed by atoms with E-state index in [1.54, 1.807) is 24.3 Å². The number of furan rings is 1. The van der Waals surface area contributed by atoms with Crippen LogP contribution in [0.2, 0.25) is 0 Å². The number of hydrogen-bond acceptors (Lipinski definition) is 4. The fraction of sp³-hybridized carbons (Fsp3) is 0.192. The first-order valence-electron chi connectivity index (χ1n) is 22.3. The van der Waals surface area contributed by atoms with Crippen LogP contribution in [0.4, 0.5) is 0 Å². The average molecular weight is 927 g/mol. The maximum Gasteiger partial charge on any atom is 0.122 e. The van der Waals surface area contributed by atoms with Crippen molar-refractivity contribution in [3.05, 3.63) is 175 Å². The summed E-state index contributed by atoms with van der Waals surface area (Å²) in [4.78, 5) is 8.89. The Morgan fingerprint density at radius 1 is 0.807 bits per heavy atom. The van der Waals surface area contributed by atoms with Crippen LogP contribution < -0.4 is 0 Å². The summed E-state index contributed by atoms with van der Waals surface area (Å²) in [7, 11) is 0. The monoisotopic (exact) mass is 927 g/mol. The molecule has 1 saturated carbocycles. The zero-order chi connectivity index (χ0) is 44.7. The van der Waals surface area contributed by atoms with Gasteiger partial charge in [0, 0.05) is 53.2 Å². The van der Waals surface area contributed by atoms with E-state index >= 15 is 0 Å². The van der Waals surface area contributed by atoms with Gasteiger partial charge >= 0.3 is 0 Å². The Kier molecular flexibility index (Phi) is 9.20. The molecule has 1 aliphatic carbocycles. The molecule has 0 unspecified atom stereocenters. The molecule has 8 aromatic rings. The summed E-state index contributed by atoms with van der Waals surface area (Å²) in [5, 5.41) is 11.2. The number of fused-ring (bicyclic) bond motifs is 3. The van der Waals surface area contributed by atoms with E-state index in [9.17, 15) is 5.26 Å². The molecule has 1 aliphatic rings. The quantitative estimate of drug-likeness (QED) is 0.161. The molecule has 3 heterocycles. The van der Waals surface area contributed by atoms with Gasteiger partial charge in [0.1, 0.15) is 5.58 Å². The Bertz CT molecular complexity index is 2980. The van der Waals surface area contributed by atoms with Crippen molar-refractivity contribution in [1.29, 1.82) is 5.26 Å². The first kappa shape index (κ1) is 31.3. The van der Waals surface area contributed by atoms with Crippen LogP contribution in [0.25, 0.3) is 66.7 Å². The second-order valence-corrected chi connectivity index (χ2v) is 15.1. The van der Waals surface area contributed by atoms with Crippen LogP contribution >= 0.6 is 0 Å². The smallest absolute Gasteiger partial charge is 0.122 e. The van der Waals surface area contributed by atoms with E-state index in [1.165, 1.54) is 12.3 Å². The molecule has 285 valence electrons. The second kappa shape index (κ2) is 16.7. The third kappa shape index (κ3) is 8.49. The number of aryl methyl sites for hydroxylation is 2. The fourth-order valence-corrected chi connectivity index (χ4v) is 7.46. The maximum absolute atomic E-state index is 9.25. The van der Waals surface area contributed by atoms with Gasteiger partial charge in [-0.3, -0.25) is 4.98 Å². The van der Waals surface area contributed by atoms with Gasteiger partial charge in [-0.2, -0.15) is 23.8 Å². The molecule has 5 aromatic carbocycles. The van der Waals surface area contributed by atoms with Crippen LogP contribution in [0.3, 0.4) is 0 Å². The largest absolute Gasteiger partial charge is 0.501 e. The molecule has 0 spiro atoms. The van der Waals surface area contributed by atoms with Crippen LogP contribution in [-0.4, -0.2) is 9.97 Å². The van der Waals surface area contributed by atoms with Gasteiger partial charge in [0.15, 0.2) is 0 Å². The van der Waals surface area contributed by atoms with Gasteiger partial charge in [0.25, 0.3) is 0 Å². The SMILES string of the molecule is [2H]C([2H])([2H])c1ccc(-c2cc(-c3ccccc3)c(C([2H])([2H])[2H])cc2[CH2-])nc1.[2H]C1(c2ccc(-c3ccnc(-c4[c-]ccc5c4oc4cc(C#N)ccc45)c3)cc2)CCC(C)(C)CC1.[Ir]. The Hall–Kier alpha value is -5.79. The first-order valence-corrected chi connectivity index (χ1v) is 18.8. The minimum atomic E-state index is -2.28. The van der Waals surface area contributed by atoms with Crippen molar-refractivity contribution in [2.24, 2.45) is 5.41 Å². The summed E-state index contributed by atoms with van der Waals surface area (Å²) in [5.74, 6) is -0.491. The van der Waals surface area contributed by atoms with Gasteiger partial charge in [-0.25, -0.2) is 0 Å². The van der Waals surface area contributed by atoms with Crippen molar-refractivity contribution in [3.63, 3.8) is 0 Å². The van der Waals surface area contributed by atoms with Gasteiger partial charge < -0.3 is 9.40 Å². The number of aromatic nitrogens is 2. The molecular formula is C52H45IrN3O-2. The molecule has 1 radical (unpaired) electrons. The van der Waals surface area contributed by atoms with Crippen molar-refractivity contribution < 1.29 is 34.1 Å². The summed E-state index contributed by atoms with van der Waals surface area (Å²) >= 11 is 0. The van der Waals surface area contributed by atoms with E-state index < -0.39 is 19.6 Å². The minimum Gasteiger partial charge on any atom is -0.501 e. The van der Waals surface area contributed by atoms with E-state index in [0.717, 1.165) is 75.5 Å². The van der Waals surface area contributed by atoms with E-state index in [2.05, 4.69) is 73.2 Å². The van der Waals surface area contributed by atoms with Crippen molar-refractivity contribution in [2.45, 2.75) is 59.1 Å². The standard InChI is InChI=1S/C32H27N2O.C20H18N.Ir/c1-32(2)15-12-24(13-16-32)22-7-9-23(10-8-22)25-14-17-34-29(19-25)28-5-3-4-27-26-11-6-21(20-33)18-30(26)35-31(27)28;1-14-9-10-20(21-13-14)19-12-18(15(2)11-16(19)3)17-7-5-4-6-8-17;/h3-4,6-11,14,17-19,24H,12-13,15-16H2,1-2H3;4-13H,3H2,1-2H3;/q2*-1;/i24D;1D3,2D3;. The van der Waals surface area contributed by atoms with Gasteiger partial charge in [-0.15, -0.1) is 29.8 Å². The second-order valence-electron chi connectivity index (χ2n) is 15.1. The molecule has 3 aromatic heterocycles. The van der Waals surface area contributed by atoms with Crippen molar-refractivity contribution in [3.8, 4) is 50.8 Å². The Labute approximate surface area is 359 Å². The maximum atomic E-state index is 9.25. The number of nitrogens with zero attached hydrogens (tertiary/aromatic N) is 3. The normalized spacial score (nSPS) is 16.5. The zero-order valence-electron chi connectivity index (χ0n) is 38.8. The molecule has 4 nitrogen and oxygen atoms in total. The molecule has 57 heavy (non-hydrogen) atoms. The van der Waals surface area contributed by atoms with Crippen LogP contribution in [-0.2, 0) is 20.1 Å². The summed E-state index contributed by atoms with van der Waals surface area (Å²) in [6.45, 7) is 4.09. The van der Waals surface area contributed by atoms with E-state index in [-0.39, 0.29) is 31.2 Å². The number of nitriles is 1. The first-order chi connectivity index (χ1) is 29.9. The molecule has 0 saturated heterocycles. The van der Waals surface area contributed by atoms with Gasteiger partial charge in [0.2, 0.25) is 0 Å². The molecule has 0 bridgehead atoms. The summed E-state index contributed by atoms with van der Waals surface area (Å²) in [6.07, 6.45) is 7.14. The molecule has 0 N–H and O–H groups in total. The third-order valence-electron chi connectivity index (χ3n) is 10.8. The Morgan fingerprint density at radius 2 is 1.61 bits per heavy atom. The van der Waals surface area contributed by atoms with Gasteiger partial charge in [0.05, 0.1) is 17.2 Å². The molecular weight excluding hydrogens is 875 g/mol. The predicted octanol–water partition coefficient (Wildman–Crippen LogP) is 13.9. The molecule has 9 rings (SSSR count). The molecule has 1 fully saturated rings. The predicted molar refractivity (Wildman–Crippen MR) is 230 cm³/mol. The van der Waals surface area contributed by atoms with Gasteiger partial charge in [-0.05, 0) is 107 Å². The Morgan fingerprint density at radius 3 is 2.33 bits per heavy atom. The van der Waals surface area contributed by atoms with Crippen molar-refractivity contribution in [1.82, 2.24) is 9.97 Å². The number of pyridine rings is 2. The van der Waals surface area contributed by atoms with Crippen LogP contribution in [0, 0.1) is 43.4 Å². The van der Waals surface area contributed by atoms with Crippen LogP contribution in [0.1, 0.15) is 82.8 Å². The number of hydrogen-bond donors (Lipinski definition) is 0. The number of rotatable bonds is 5. The van der Waals surface area contributed by atoms with E-state index in [4.69, 9.17) is 14.0 Å². The zero-order valence-corrected chi connectivity index (χ0v) is 34.2. The van der Waals surface area contributed by atoms with E-state index in [1.807, 2.05) is 66.9 Å². The van der Waals surface area contributed by atoms with Crippen LogP contribution in [0.5, 0.6) is 0 Å². The summed E-state index contributed by atoms with van der Waals surface area (Å²) < 4.78 is 61.2. The van der Waals surface area contributed by atoms with E-state index in [0.29, 0.717) is 38.9 Å². The fourth-order valence-electron chi connectivity index (χ4n) is 7.46. The van der Waals surface area contributed by atoms with Crippen LogP contribution in [0.15, 0.2) is 138 Å². The van der Waals surface area contributed by atoms with Gasteiger partial charge in [-0.1, -0.05) is 110 Å². The molecule has 5 heteroatoms. The molecule has 0 amide bonds. The number of benzene rings is 5. The third-order valence-corrected chi connectivity index (χ3v) is 10.8. The molecule has 0 aliphatic heterocycles. The average Bonchev–Trinajstić information content (AvgIpc) is 3.66. The summed E-state index contributed by atoms with van der Waals surface area (Å²) in [5.41, 5.74) is 10.6.